The van der Waals surface area contributed by atoms with Crippen LogP contribution in [0.4, 0.5) is 23.2 Å². The summed E-state index contributed by atoms with van der Waals surface area (Å²) < 4.78 is 88.1. The van der Waals surface area contributed by atoms with Gasteiger partial charge in [0.1, 0.15) is 11.4 Å². The molecule has 2 aromatic carbocycles. The summed E-state index contributed by atoms with van der Waals surface area (Å²) in [5.74, 6) is -9.90. The summed E-state index contributed by atoms with van der Waals surface area (Å²) >= 11 is 0. The fourth-order valence-electron chi connectivity index (χ4n) is 2.71. The highest BCUT2D eigenvalue weighted by atomic mass is 32.2. The molecule has 7 nitrogen and oxygen atoms in total. The lowest BCUT2D eigenvalue weighted by atomic mass is 10.0. The van der Waals surface area contributed by atoms with Crippen LogP contribution in [0.1, 0.15) is 41.3 Å². The molecule has 0 aliphatic rings. The Balaban J connectivity index is 2.43. The first-order valence-electron chi connectivity index (χ1n) is 8.41. The molecular formula is C18H18F4N2O5S. The summed E-state index contributed by atoms with van der Waals surface area (Å²) in [5.41, 5.74) is -1.02. The van der Waals surface area contributed by atoms with Gasteiger partial charge in [0.05, 0.1) is 12.9 Å². The van der Waals surface area contributed by atoms with Crippen LogP contribution in [-0.4, -0.2) is 26.6 Å². The molecule has 0 radical (unpaired) electrons. The molecule has 2 aromatic rings. The SMILES string of the molecule is COc1cc(C(=O)NO)ccc1CS(=O)(=O)Nc1c(F)c(F)c(C(C)C)c(F)c1F. The van der Waals surface area contributed by atoms with Crippen molar-refractivity contribution in [3.8, 4) is 5.75 Å². The maximum Gasteiger partial charge on any atom is 0.274 e. The van der Waals surface area contributed by atoms with Crippen LogP contribution in [0.25, 0.3) is 0 Å². The lowest BCUT2D eigenvalue weighted by Crippen LogP contribution is -2.20. The van der Waals surface area contributed by atoms with Crippen LogP contribution in [0.3, 0.4) is 0 Å². The van der Waals surface area contributed by atoms with Crippen molar-refractivity contribution in [1.82, 2.24) is 5.48 Å². The lowest BCUT2D eigenvalue weighted by molar-refractivity contribution is 0.0706. The summed E-state index contributed by atoms with van der Waals surface area (Å²) in [6, 6.07) is 3.45. The molecule has 0 aromatic heterocycles. The third-order valence-corrected chi connectivity index (χ3v) is 5.33. The predicted octanol–water partition coefficient (Wildman–Crippen LogP) is 3.44. The van der Waals surface area contributed by atoms with Crippen molar-refractivity contribution >= 4 is 21.6 Å². The number of halogens is 4. The molecule has 0 aliphatic heterocycles. The van der Waals surface area contributed by atoms with E-state index in [1.54, 1.807) is 0 Å². The van der Waals surface area contributed by atoms with Crippen LogP contribution in [-0.2, 0) is 15.8 Å². The van der Waals surface area contributed by atoms with Crippen molar-refractivity contribution < 1.29 is 40.7 Å². The van der Waals surface area contributed by atoms with Crippen LogP contribution in [0, 0.1) is 23.3 Å². The molecule has 0 spiro atoms. The van der Waals surface area contributed by atoms with Gasteiger partial charge in [0, 0.05) is 16.7 Å². The third kappa shape index (κ3) is 4.65. The van der Waals surface area contributed by atoms with Crippen molar-refractivity contribution in [3.05, 3.63) is 58.2 Å². The number of ether oxygens (including phenoxy) is 1. The Morgan fingerprint density at radius 1 is 1.10 bits per heavy atom. The zero-order valence-electron chi connectivity index (χ0n) is 16.0. The minimum atomic E-state index is -4.56. The number of hydrogen-bond acceptors (Lipinski definition) is 5. The first-order valence-corrected chi connectivity index (χ1v) is 10.1. The quantitative estimate of drug-likeness (QED) is 0.260. The molecule has 0 heterocycles. The number of rotatable bonds is 7. The fraction of sp³-hybridized carbons (Fsp3) is 0.278. The third-order valence-electron chi connectivity index (χ3n) is 4.13. The zero-order chi connectivity index (χ0) is 22.8. The Labute approximate surface area is 169 Å². The molecule has 1 amide bonds. The fourth-order valence-corrected chi connectivity index (χ4v) is 3.92. The Morgan fingerprint density at radius 3 is 2.13 bits per heavy atom. The van der Waals surface area contributed by atoms with Crippen molar-refractivity contribution in [3.63, 3.8) is 0 Å². The van der Waals surface area contributed by atoms with Crippen LogP contribution in [0.2, 0.25) is 0 Å². The zero-order valence-corrected chi connectivity index (χ0v) is 16.8. The molecule has 0 bridgehead atoms. The van der Waals surface area contributed by atoms with Crippen molar-refractivity contribution in [2.24, 2.45) is 0 Å². The van der Waals surface area contributed by atoms with Gasteiger partial charge in [0.15, 0.2) is 23.3 Å². The summed E-state index contributed by atoms with van der Waals surface area (Å²) in [7, 11) is -3.39. The Hall–Kier alpha value is -2.86. The van der Waals surface area contributed by atoms with Gasteiger partial charge < -0.3 is 4.74 Å². The molecular weight excluding hydrogens is 432 g/mol. The average molecular weight is 450 g/mol. The number of hydrogen-bond donors (Lipinski definition) is 3. The van der Waals surface area contributed by atoms with E-state index < -0.39 is 62.1 Å². The number of amides is 1. The van der Waals surface area contributed by atoms with Crippen molar-refractivity contribution in [2.75, 3.05) is 11.8 Å². The number of nitrogens with one attached hydrogen (secondary N) is 2. The van der Waals surface area contributed by atoms with Crippen LogP contribution in [0.15, 0.2) is 18.2 Å². The molecule has 12 heteroatoms. The van der Waals surface area contributed by atoms with Gasteiger partial charge in [-0.2, -0.15) is 0 Å². The van der Waals surface area contributed by atoms with E-state index >= 15 is 0 Å². The maximum atomic E-state index is 14.3. The molecule has 2 rings (SSSR count). The van der Waals surface area contributed by atoms with Crippen LogP contribution < -0.4 is 14.9 Å². The molecule has 0 saturated carbocycles. The minimum absolute atomic E-state index is 0.0277. The molecule has 0 fully saturated rings. The molecule has 30 heavy (non-hydrogen) atoms. The van der Waals surface area contributed by atoms with Crippen LogP contribution >= 0.6 is 0 Å². The second kappa shape index (κ2) is 8.88. The molecule has 0 atom stereocenters. The molecule has 0 saturated heterocycles. The predicted molar refractivity (Wildman–Crippen MR) is 98.9 cm³/mol. The van der Waals surface area contributed by atoms with E-state index in [4.69, 9.17) is 9.94 Å². The van der Waals surface area contributed by atoms with Gasteiger partial charge in [-0.25, -0.2) is 31.5 Å². The Bertz CT molecular complexity index is 1060. The van der Waals surface area contributed by atoms with E-state index in [0.717, 1.165) is 12.1 Å². The van der Waals surface area contributed by atoms with Gasteiger partial charge in [-0.3, -0.25) is 14.7 Å². The number of benzene rings is 2. The smallest absolute Gasteiger partial charge is 0.274 e. The van der Waals surface area contributed by atoms with E-state index in [2.05, 4.69) is 0 Å². The second-order valence-corrected chi connectivity index (χ2v) is 8.25. The summed E-state index contributed by atoms with van der Waals surface area (Å²) in [4.78, 5) is 11.4. The van der Waals surface area contributed by atoms with Gasteiger partial charge in [-0.1, -0.05) is 19.9 Å². The summed E-state index contributed by atoms with van der Waals surface area (Å²) in [6.45, 7) is 2.63. The number of hydroxylamine groups is 1. The van der Waals surface area contributed by atoms with Crippen molar-refractivity contribution in [2.45, 2.75) is 25.5 Å². The molecule has 3 N–H and O–H groups in total. The minimum Gasteiger partial charge on any atom is -0.496 e. The topological polar surface area (TPSA) is 105 Å². The van der Waals surface area contributed by atoms with Gasteiger partial charge >= 0.3 is 0 Å². The molecule has 0 aliphatic carbocycles. The number of carbonyl (C=O) groups excluding carboxylic acids is 1. The Kier molecular flexibility index (Phi) is 6.93. The number of sulfonamides is 1. The van der Waals surface area contributed by atoms with E-state index in [1.165, 1.54) is 37.2 Å². The standard InChI is InChI=1S/C18H18F4N2O5S/c1-8(2)12-13(19)15(21)17(16(22)14(12)20)24-30(27,28)7-10-5-4-9(18(25)23-26)6-11(10)29-3/h4-6,8,24,26H,7H2,1-3H3,(H,23,25). The van der Waals surface area contributed by atoms with E-state index in [1.807, 2.05) is 0 Å². The van der Waals surface area contributed by atoms with E-state index in [9.17, 15) is 30.8 Å². The monoisotopic (exact) mass is 450 g/mol. The number of anilines is 1. The maximum absolute atomic E-state index is 14.3. The average Bonchev–Trinajstić information content (AvgIpc) is 2.69. The number of methoxy groups -OCH3 is 1. The second-order valence-electron chi connectivity index (χ2n) is 6.53. The Morgan fingerprint density at radius 2 is 1.67 bits per heavy atom. The highest BCUT2D eigenvalue weighted by Gasteiger charge is 2.29. The molecule has 164 valence electrons. The highest BCUT2D eigenvalue weighted by Crippen LogP contribution is 2.33. The lowest BCUT2D eigenvalue weighted by Gasteiger charge is -2.16. The highest BCUT2D eigenvalue weighted by molar-refractivity contribution is 7.91. The molecule has 0 unspecified atom stereocenters. The van der Waals surface area contributed by atoms with Gasteiger partial charge in [-0.15, -0.1) is 0 Å². The first-order chi connectivity index (χ1) is 13.9. The van der Waals surface area contributed by atoms with Gasteiger partial charge in [-0.05, 0) is 18.1 Å². The number of carbonyl (C=O) groups is 1. The van der Waals surface area contributed by atoms with Crippen molar-refractivity contribution in [1.29, 1.82) is 0 Å². The summed E-state index contributed by atoms with van der Waals surface area (Å²) in [6.07, 6.45) is 0. The van der Waals surface area contributed by atoms with E-state index in [0.29, 0.717) is 0 Å². The first kappa shape index (κ1) is 23.4. The van der Waals surface area contributed by atoms with Gasteiger partial charge in [0.25, 0.3) is 5.91 Å². The summed E-state index contributed by atoms with van der Waals surface area (Å²) in [5, 5.41) is 8.64. The van der Waals surface area contributed by atoms with Crippen LogP contribution in [0.5, 0.6) is 5.75 Å². The normalized spacial score (nSPS) is 11.5. The largest absolute Gasteiger partial charge is 0.496 e. The van der Waals surface area contributed by atoms with Gasteiger partial charge in [0.2, 0.25) is 10.0 Å². The van der Waals surface area contributed by atoms with E-state index in [-0.39, 0.29) is 16.9 Å².